The highest BCUT2D eigenvalue weighted by molar-refractivity contribution is 6.30. The summed E-state index contributed by atoms with van der Waals surface area (Å²) in [6.07, 6.45) is 0. The third-order valence-corrected chi connectivity index (χ3v) is 12.1. The van der Waals surface area contributed by atoms with Crippen LogP contribution in [0.4, 0.5) is 17.1 Å². The topological polar surface area (TPSA) is 16.4 Å². The molecule has 0 spiro atoms. The van der Waals surface area contributed by atoms with Gasteiger partial charge in [-0.05, 0) is 132 Å². The number of hydrogen-bond donors (Lipinski definition) is 0. The Kier molecular flexibility index (Phi) is 5.60. The average Bonchev–Trinajstić information content (AvgIpc) is 3.65. The van der Waals surface area contributed by atoms with E-state index in [4.69, 9.17) is 4.42 Å². The van der Waals surface area contributed by atoms with Crippen LogP contribution in [0.5, 0.6) is 0 Å². The van der Waals surface area contributed by atoms with E-state index >= 15 is 0 Å². The van der Waals surface area contributed by atoms with Crippen LogP contribution in [-0.2, 0) is 5.41 Å². The highest BCUT2D eigenvalue weighted by Gasteiger charge is 2.40. The van der Waals surface area contributed by atoms with E-state index in [0.717, 1.165) is 28.2 Å². The molecule has 2 aliphatic rings. The van der Waals surface area contributed by atoms with Crippen LogP contribution in [0.3, 0.4) is 0 Å². The van der Waals surface area contributed by atoms with E-state index in [9.17, 15) is 0 Å². The van der Waals surface area contributed by atoms with Crippen LogP contribution < -0.4 is 4.90 Å². The van der Waals surface area contributed by atoms with Gasteiger partial charge in [-0.2, -0.15) is 0 Å². The lowest BCUT2D eigenvalue weighted by Gasteiger charge is -2.27. The monoisotopic (exact) mass is 675 g/mol. The van der Waals surface area contributed by atoms with Gasteiger partial charge in [-0.1, -0.05) is 117 Å². The molecule has 0 atom stereocenters. The molecule has 0 amide bonds. The summed E-state index contributed by atoms with van der Waals surface area (Å²) >= 11 is 0. The first-order valence-corrected chi connectivity index (χ1v) is 18.5. The highest BCUT2D eigenvalue weighted by atomic mass is 16.3. The smallest absolute Gasteiger partial charge is 0.136 e. The Labute approximate surface area is 307 Å². The minimum Gasteiger partial charge on any atom is -0.456 e. The van der Waals surface area contributed by atoms with Gasteiger partial charge in [-0.3, -0.25) is 0 Å². The zero-order chi connectivity index (χ0) is 35.0. The maximum absolute atomic E-state index is 6.54. The van der Waals surface area contributed by atoms with Crippen molar-refractivity contribution in [1.29, 1.82) is 0 Å². The standard InChI is InChI=1S/C51H33NO/c1-51(2)42-24-20-31-21-25-45-50-46(31)49(42)47-41(40-16-9-17-44(53-45)48(40)50)28-34(29-43(47)51)32-11-8-14-36(26-32)52(35-12-4-3-5-13-35)37-22-23-39-33(27-37)19-18-30-10-6-7-15-38(30)39/h3-29H,1-2H3. The molecule has 248 valence electrons. The minimum atomic E-state index is -0.163. The van der Waals surface area contributed by atoms with Gasteiger partial charge < -0.3 is 9.32 Å². The largest absolute Gasteiger partial charge is 0.456 e. The van der Waals surface area contributed by atoms with Crippen molar-refractivity contribution < 1.29 is 4.42 Å². The third kappa shape index (κ3) is 3.87. The Morgan fingerprint density at radius 2 is 1.15 bits per heavy atom. The number of furan rings is 1. The fourth-order valence-corrected chi connectivity index (χ4v) is 9.65. The van der Waals surface area contributed by atoms with Gasteiger partial charge in [0.2, 0.25) is 0 Å². The van der Waals surface area contributed by atoms with Crippen LogP contribution in [0.2, 0.25) is 0 Å². The zero-order valence-electron chi connectivity index (χ0n) is 29.4. The molecule has 0 saturated carbocycles. The molecule has 2 aliphatic carbocycles. The molecule has 12 rings (SSSR count). The molecule has 0 bridgehead atoms. The molecular weight excluding hydrogens is 643 g/mol. The first-order valence-electron chi connectivity index (χ1n) is 18.5. The van der Waals surface area contributed by atoms with Crippen LogP contribution in [0.15, 0.2) is 168 Å². The predicted molar refractivity (Wildman–Crippen MR) is 223 cm³/mol. The Morgan fingerprint density at radius 1 is 0.415 bits per heavy atom. The molecule has 1 heterocycles. The second kappa shape index (κ2) is 10.2. The number of hydrogen-bond acceptors (Lipinski definition) is 2. The van der Waals surface area contributed by atoms with Crippen molar-refractivity contribution in [2.24, 2.45) is 0 Å². The van der Waals surface area contributed by atoms with E-state index in [1.54, 1.807) is 0 Å². The van der Waals surface area contributed by atoms with Gasteiger partial charge in [0.15, 0.2) is 0 Å². The maximum Gasteiger partial charge on any atom is 0.136 e. The molecule has 0 radical (unpaired) electrons. The molecular formula is C51H33NO. The van der Waals surface area contributed by atoms with E-state index in [-0.39, 0.29) is 5.41 Å². The van der Waals surface area contributed by atoms with Gasteiger partial charge in [0.05, 0.1) is 0 Å². The molecule has 1 aromatic heterocycles. The molecule has 0 aliphatic heterocycles. The molecule has 10 aromatic rings. The van der Waals surface area contributed by atoms with Crippen molar-refractivity contribution in [3.05, 3.63) is 175 Å². The molecule has 0 fully saturated rings. The SMILES string of the molecule is CC1(C)c2cc(-c3cccc(N(c4ccccc4)c4ccc5c(ccc6ccccc65)c4)c3)cc3c2-c2c1ccc1ccc4oc5cccc-3c5c4c21. The number of anilines is 3. The summed E-state index contributed by atoms with van der Waals surface area (Å²) < 4.78 is 6.54. The number of para-hydroxylation sites is 1. The van der Waals surface area contributed by atoms with Gasteiger partial charge in [-0.15, -0.1) is 0 Å². The number of benzene rings is 9. The lowest BCUT2D eigenvalue weighted by molar-refractivity contribution is 0.661. The van der Waals surface area contributed by atoms with Crippen molar-refractivity contribution in [2.75, 3.05) is 4.90 Å². The summed E-state index contributed by atoms with van der Waals surface area (Å²) in [5.41, 5.74) is 15.6. The van der Waals surface area contributed by atoms with Gasteiger partial charge >= 0.3 is 0 Å². The molecule has 0 unspecified atom stereocenters. The van der Waals surface area contributed by atoms with Gasteiger partial charge in [0.25, 0.3) is 0 Å². The van der Waals surface area contributed by atoms with Crippen LogP contribution in [0.1, 0.15) is 25.0 Å². The molecule has 9 aromatic carbocycles. The normalized spacial score (nSPS) is 13.6. The lowest BCUT2D eigenvalue weighted by Crippen LogP contribution is -2.15. The molecule has 0 N–H and O–H groups in total. The van der Waals surface area contributed by atoms with E-state index in [1.807, 2.05) is 0 Å². The van der Waals surface area contributed by atoms with Gasteiger partial charge in [-0.25, -0.2) is 0 Å². The Morgan fingerprint density at radius 3 is 2.08 bits per heavy atom. The quantitative estimate of drug-likeness (QED) is 0.173. The summed E-state index contributed by atoms with van der Waals surface area (Å²) in [6.45, 7) is 4.79. The summed E-state index contributed by atoms with van der Waals surface area (Å²) in [4.78, 5) is 2.39. The fraction of sp³-hybridized carbons (Fsp3) is 0.0588. The van der Waals surface area contributed by atoms with Gasteiger partial charge in [0, 0.05) is 38.6 Å². The minimum absolute atomic E-state index is 0.163. The molecule has 2 nitrogen and oxygen atoms in total. The van der Waals surface area contributed by atoms with Gasteiger partial charge in [0.1, 0.15) is 11.2 Å². The first kappa shape index (κ1) is 29.0. The summed E-state index contributed by atoms with van der Waals surface area (Å²) in [6, 6.07) is 60.3. The first-order chi connectivity index (χ1) is 26.0. The van der Waals surface area contributed by atoms with Crippen LogP contribution in [0.25, 0.3) is 87.6 Å². The Balaban J connectivity index is 1.08. The predicted octanol–water partition coefficient (Wildman–Crippen LogP) is 14.5. The van der Waals surface area contributed by atoms with Crippen molar-refractivity contribution in [2.45, 2.75) is 19.3 Å². The average molecular weight is 676 g/mol. The third-order valence-electron chi connectivity index (χ3n) is 12.1. The summed E-state index contributed by atoms with van der Waals surface area (Å²) in [7, 11) is 0. The van der Waals surface area contributed by atoms with Crippen LogP contribution >= 0.6 is 0 Å². The Hall–Kier alpha value is -6.64. The second-order valence-electron chi connectivity index (χ2n) is 15.3. The number of fused-ring (bicyclic) bond motifs is 4. The van der Waals surface area contributed by atoms with E-state index in [1.165, 1.54) is 87.6 Å². The van der Waals surface area contributed by atoms with Crippen molar-refractivity contribution in [1.82, 2.24) is 0 Å². The Bertz CT molecular complexity index is 3200. The summed E-state index contributed by atoms with van der Waals surface area (Å²) in [5, 5.41) is 10.1. The molecule has 0 saturated heterocycles. The number of rotatable bonds is 4. The maximum atomic E-state index is 6.54. The summed E-state index contributed by atoms with van der Waals surface area (Å²) in [5.74, 6) is 0. The van der Waals surface area contributed by atoms with E-state index in [0.29, 0.717) is 0 Å². The van der Waals surface area contributed by atoms with Crippen molar-refractivity contribution in [3.8, 4) is 33.4 Å². The molecule has 2 heteroatoms. The van der Waals surface area contributed by atoms with E-state index < -0.39 is 0 Å². The van der Waals surface area contributed by atoms with Crippen molar-refractivity contribution in [3.63, 3.8) is 0 Å². The van der Waals surface area contributed by atoms with E-state index in [2.05, 4.69) is 183 Å². The van der Waals surface area contributed by atoms with Crippen LogP contribution in [-0.4, -0.2) is 0 Å². The number of nitrogens with zero attached hydrogens (tertiary/aromatic N) is 1. The lowest BCUT2D eigenvalue weighted by atomic mass is 9.80. The molecule has 53 heavy (non-hydrogen) atoms. The highest BCUT2D eigenvalue weighted by Crippen LogP contribution is 2.59. The fourth-order valence-electron chi connectivity index (χ4n) is 9.65. The van der Waals surface area contributed by atoms with Crippen molar-refractivity contribution >= 4 is 71.3 Å². The second-order valence-corrected chi connectivity index (χ2v) is 15.3. The van der Waals surface area contributed by atoms with Crippen LogP contribution in [0, 0.1) is 0 Å². The zero-order valence-corrected chi connectivity index (χ0v) is 29.4.